The van der Waals surface area contributed by atoms with E-state index in [1.54, 1.807) is 0 Å². The molecule has 1 fully saturated rings. The molecule has 1 amide bonds. The Morgan fingerprint density at radius 1 is 1.25 bits per heavy atom. The van der Waals surface area contributed by atoms with Gasteiger partial charge < -0.3 is 10.0 Å². The van der Waals surface area contributed by atoms with Gasteiger partial charge in [0, 0.05) is 6.54 Å². The van der Waals surface area contributed by atoms with Gasteiger partial charge in [0.25, 0.3) is 5.91 Å². The first-order chi connectivity index (χ1) is 11.1. The van der Waals surface area contributed by atoms with E-state index in [0.717, 1.165) is 17.0 Å². The van der Waals surface area contributed by atoms with Crippen LogP contribution in [0.3, 0.4) is 0 Å². The van der Waals surface area contributed by atoms with Crippen LogP contribution in [0.15, 0.2) is 24.3 Å². The molecule has 0 spiro atoms. The maximum absolute atomic E-state index is 14.4. The van der Waals surface area contributed by atoms with Crippen LogP contribution in [0, 0.1) is 5.92 Å². The lowest BCUT2D eigenvalue weighted by molar-refractivity contribution is -0.155. The van der Waals surface area contributed by atoms with Gasteiger partial charge in [-0.15, -0.1) is 0 Å². The molecule has 1 aromatic rings. The van der Waals surface area contributed by atoms with E-state index in [1.807, 2.05) is 6.92 Å². The summed E-state index contributed by atoms with van der Waals surface area (Å²) in [6.07, 6.45) is -5.97. The molecule has 1 aliphatic rings. The van der Waals surface area contributed by atoms with Crippen LogP contribution >= 0.6 is 0 Å². The molecule has 3 atom stereocenters. The predicted molar refractivity (Wildman–Crippen MR) is 76.8 cm³/mol. The van der Waals surface area contributed by atoms with Crippen molar-refractivity contribution in [3.05, 3.63) is 35.4 Å². The first-order valence-corrected chi connectivity index (χ1v) is 7.45. The monoisotopic (exact) mass is 347 g/mol. The van der Waals surface area contributed by atoms with Gasteiger partial charge in [-0.05, 0) is 36.5 Å². The van der Waals surface area contributed by atoms with Crippen LogP contribution in [0.1, 0.15) is 37.1 Å². The first-order valence-electron chi connectivity index (χ1n) is 7.45. The predicted octanol–water partition coefficient (Wildman–Crippen LogP) is 3.43. The van der Waals surface area contributed by atoms with Crippen LogP contribution in [0.2, 0.25) is 0 Å². The second-order valence-electron chi connectivity index (χ2n) is 6.00. The number of carboxylic acids is 1. The van der Waals surface area contributed by atoms with Crippen LogP contribution in [0.5, 0.6) is 0 Å². The Kier molecular flexibility index (Phi) is 5.15. The number of benzene rings is 1. The van der Waals surface area contributed by atoms with Gasteiger partial charge in [0.05, 0.1) is 5.56 Å². The minimum atomic E-state index is -4.55. The molecular formula is C16H17F4NO3. The van der Waals surface area contributed by atoms with E-state index in [2.05, 4.69) is 0 Å². The van der Waals surface area contributed by atoms with Crippen LogP contribution in [-0.4, -0.2) is 34.5 Å². The zero-order valence-corrected chi connectivity index (χ0v) is 12.9. The fourth-order valence-electron chi connectivity index (χ4n) is 2.77. The summed E-state index contributed by atoms with van der Waals surface area (Å²) in [4.78, 5) is 24.5. The standard InChI is InChI=1S/C16H17F4NO3/c1-9-6-7-21(12(8-9)15(23)24)14(22)13(17)10-2-4-11(5-3-10)16(18,19)20/h2-5,9,12-13H,6-8H2,1H3,(H,23,24). The van der Waals surface area contributed by atoms with Gasteiger partial charge in [-0.25, -0.2) is 9.18 Å². The molecule has 1 aromatic carbocycles. The third-order valence-electron chi connectivity index (χ3n) is 4.18. The Labute approximate surface area is 136 Å². The molecule has 1 N–H and O–H groups in total. The molecule has 0 radical (unpaired) electrons. The molecule has 1 heterocycles. The number of hydrogen-bond donors (Lipinski definition) is 1. The number of carbonyl (C=O) groups is 2. The molecular weight excluding hydrogens is 330 g/mol. The highest BCUT2D eigenvalue weighted by molar-refractivity contribution is 5.87. The van der Waals surface area contributed by atoms with E-state index >= 15 is 0 Å². The summed E-state index contributed by atoms with van der Waals surface area (Å²) in [5, 5.41) is 9.21. The number of halogens is 4. The minimum absolute atomic E-state index is 0.0966. The minimum Gasteiger partial charge on any atom is -0.480 e. The zero-order valence-electron chi connectivity index (χ0n) is 12.9. The normalized spacial score (nSPS) is 23.0. The lowest BCUT2D eigenvalue weighted by atomic mass is 9.91. The van der Waals surface area contributed by atoms with E-state index < -0.39 is 35.8 Å². The number of rotatable bonds is 3. The van der Waals surface area contributed by atoms with Gasteiger partial charge in [-0.1, -0.05) is 19.1 Å². The van der Waals surface area contributed by atoms with Gasteiger partial charge in [-0.2, -0.15) is 13.2 Å². The van der Waals surface area contributed by atoms with Gasteiger partial charge in [-0.3, -0.25) is 4.79 Å². The molecule has 0 bridgehead atoms. The average molecular weight is 347 g/mol. The van der Waals surface area contributed by atoms with Crippen LogP contribution < -0.4 is 0 Å². The molecule has 132 valence electrons. The van der Waals surface area contributed by atoms with Gasteiger partial charge in [0.15, 0.2) is 0 Å². The number of aliphatic carboxylic acids is 1. The van der Waals surface area contributed by atoms with Crippen molar-refractivity contribution in [2.75, 3.05) is 6.54 Å². The number of amides is 1. The fraction of sp³-hybridized carbons (Fsp3) is 0.500. The van der Waals surface area contributed by atoms with Crippen molar-refractivity contribution in [3.8, 4) is 0 Å². The Morgan fingerprint density at radius 3 is 2.33 bits per heavy atom. The topological polar surface area (TPSA) is 57.6 Å². The Bertz CT molecular complexity index is 615. The summed E-state index contributed by atoms with van der Waals surface area (Å²) in [7, 11) is 0. The first kappa shape index (κ1) is 18.2. The van der Waals surface area contributed by atoms with E-state index in [-0.39, 0.29) is 24.4 Å². The number of nitrogens with zero attached hydrogens (tertiary/aromatic N) is 1. The van der Waals surface area contributed by atoms with Crippen molar-refractivity contribution in [1.29, 1.82) is 0 Å². The van der Waals surface area contributed by atoms with Crippen molar-refractivity contribution in [3.63, 3.8) is 0 Å². The molecule has 24 heavy (non-hydrogen) atoms. The lowest BCUT2D eigenvalue weighted by Gasteiger charge is -2.36. The van der Waals surface area contributed by atoms with Crippen molar-refractivity contribution in [2.45, 2.75) is 38.2 Å². The summed E-state index contributed by atoms with van der Waals surface area (Å²) in [6.45, 7) is 1.96. The van der Waals surface area contributed by atoms with Crippen LogP contribution in [-0.2, 0) is 15.8 Å². The molecule has 0 aromatic heterocycles. The molecule has 1 aliphatic heterocycles. The molecule has 0 aliphatic carbocycles. The van der Waals surface area contributed by atoms with Gasteiger partial charge in [0.2, 0.25) is 6.17 Å². The van der Waals surface area contributed by atoms with Crippen molar-refractivity contribution in [2.24, 2.45) is 5.92 Å². The average Bonchev–Trinajstić information content (AvgIpc) is 2.52. The highest BCUT2D eigenvalue weighted by atomic mass is 19.4. The number of likely N-dealkylation sites (tertiary alicyclic amines) is 1. The second-order valence-corrected chi connectivity index (χ2v) is 6.00. The van der Waals surface area contributed by atoms with E-state index in [9.17, 15) is 32.3 Å². The molecule has 2 rings (SSSR count). The molecule has 8 heteroatoms. The largest absolute Gasteiger partial charge is 0.480 e. The summed E-state index contributed by atoms with van der Waals surface area (Å²) in [6, 6.07) is 2.07. The smallest absolute Gasteiger partial charge is 0.416 e. The zero-order chi connectivity index (χ0) is 18.1. The SMILES string of the molecule is CC1CCN(C(=O)C(F)c2ccc(C(F)(F)F)cc2)C(C(=O)O)C1. The van der Waals surface area contributed by atoms with Gasteiger partial charge >= 0.3 is 12.1 Å². The third kappa shape index (κ3) is 3.85. The number of carbonyl (C=O) groups excluding carboxylic acids is 1. The Hall–Kier alpha value is -2.12. The summed E-state index contributed by atoms with van der Waals surface area (Å²) in [5.74, 6) is -2.15. The highest BCUT2D eigenvalue weighted by Crippen LogP contribution is 2.32. The maximum atomic E-state index is 14.4. The van der Waals surface area contributed by atoms with Crippen molar-refractivity contribution >= 4 is 11.9 Å². The number of carboxylic acid groups (broad SMARTS) is 1. The highest BCUT2D eigenvalue weighted by Gasteiger charge is 2.38. The summed E-state index contributed by atoms with van der Waals surface area (Å²) in [5.41, 5.74) is -1.17. The molecule has 4 nitrogen and oxygen atoms in total. The van der Waals surface area contributed by atoms with E-state index in [4.69, 9.17) is 0 Å². The van der Waals surface area contributed by atoms with E-state index in [0.29, 0.717) is 18.6 Å². The molecule has 1 saturated heterocycles. The van der Waals surface area contributed by atoms with Crippen LogP contribution in [0.25, 0.3) is 0 Å². The lowest BCUT2D eigenvalue weighted by Crippen LogP contribution is -2.50. The van der Waals surface area contributed by atoms with Crippen molar-refractivity contribution in [1.82, 2.24) is 4.90 Å². The molecule has 3 unspecified atom stereocenters. The Balaban J connectivity index is 2.17. The fourth-order valence-corrected chi connectivity index (χ4v) is 2.77. The van der Waals surface area contributed by atoms with Gasteiger partial charge in [0.1, 0.15) is 6.04 Å². The summed E-state index contributed by atoms with van der Waals surface area (Å²) < 4.78 is 51.9. The number of alkyl halides is 4. The quantitative estimate of drug-likeness (QED) is 0.853. The van der Waals surface area contributed by atoms with E-state index in [1.165, 1.54) is 0 Å². The maximum Gasteiger partial charge on any atom is 0.416 e. The second kappa shape index (κ2) is 6.78. The van der Waals surface area contributed by atoms with Crippen LogP contribution in [0.4, 0.5) is 17.6 Å². The number of piperidine rings is 1. The molecule has 0 saturated carbocycles. The van der Waals surface area contributed by atoms with Crippen molar-refractivity contribution < 1.29 is 32.3 Å². The number of hydrogen-bond acceptors (Lipinski definition) is 2. The summed E-state index contributed by atoms with van der Waals surface area (Å²) >= 11 is 0. The Morgan fingerprint density at radius 2 is 1.83 bits per heavy atom. The third-order valence-corrected chi connectivity index (χ3v) is 4.18.